The molecule has 0 aliphatic heterocycles. The highest BCUT2D eigenvalue weighted by Crippen LogP contribution is 2.17. The fourth-order valence-electron chi connectivity index (χ4n) is 9.19. The van der Waals surface area contributed by atoms with E-state index in [1.165, 1.54) is 193 Å². The van der Waals surface area contributed by atoms with E-state index in [1.807, 2.05) is 0 Å². The first-order chi connectivity index (χ1) is 36.0. The van der Waals surface area contributed by atoms with Gasteiger partial charge in [0, 0.05) is 19.3 Å². The van der Waals surface area contributed by atoms with E-state index >= 15 is 0 Å². The highest BCUT2D eigenvalue weighted by atomic mass is 16.6. The molecular formula is C67H120O6. The Balaban J connectivity index is 4.37. The Hall–Kier alpha value is -2.89. The van der Waals surface area contributed by atoms with Gasteiger partial charge < -0.3 is 14.2 Å². The van der Waals surface area contributed by atoms with Gasteiger partial charge in [-0.1, -0.05) is 281 Å². The van der Waals surface area contributed by atoms with E-state index in [0.29, 0.717) is 19.3 Å². The molecule has 0 saturated carbocycles. The Morgan fingerprint density at radius 3 is 0.795 bits per heavy atom. The number of ether oxygens (including phenoxy) is 3. The molecule has 0 rings (SSSR count). The Bertz CT molecular complexity index is 1310. The highest BCUT2D eigenvalue weighted by molar-refractivity contribution is 5.71. The fourth-order valence-corrected chi connectivity index (χ4v) is 9.19. The molecule has 0 unspecified atom stereocenters. The predicted molar refractivity (Wildman–Crippen MR) is 316 cm³/mol. The molecule has 0 N–H and O–H groups in total. The normalized spacial score (nSPS) is 12.4. The molecule has 0 aliphatic rings. The van der Waals surface area contributed by atoms with E-state index in [9.17, 15) is 14.4 Å². The molecule has 0 aromatic rings. The third kappa shape index (κ3) is 59.9. The van der Waals surface area contributed by atoms with E-state index in [-0.39, 0.29) is 31.1 Å². The fraction of sp³-hybridized carbons (Fsp3) is 0.806. The molecule has 6 nitrogen and oxygen atoms in total. The third-order valence-electron chi connectivity index (χ3n) is 14.0. The summed E-state index contributed by atoms with van der Waals surface area (Å²) < 4.78 is 16.9. The molecule has 73 heavy (non-hydrogen) atoms. The minimum absolute atomic E-state index is 0.0830. The van der Waals surface area contributed by atoms with Gasteiger partial charge in [-0.15, -0.1) is 0 Å². The topological polar surface area (TPSA) is 78.9 Å². The lowest BCUT2D eigenvalue weighted by atomic mass is 10.0. The first-order valence-corrected chi connectivity index (χ1v) is 31.8. The zero-order valence-electron chi connectivity index (χ0n) is 48.7. The van der Waals surface area contributed by atoms with Gasteiger partial charge in [0.2, 0.25) is 0 Å². The van der Waals surface area contributed by atoms with E-state index in [1.54, 1.807) is 0 Å². The van der Waals surface area contributed by atoms with Crippen LogP contribution < -0.4 is 0 Å². The van der Waals surface area contributed by atoms with Crippen LogP contribution in [-0.4, -0.2) is 37.2 Å². The van der Waals surface area contributed by atoms with Gasteiger partial charge in [0.05, 0.1) is 0 Å². The maximum atomic E-state index is 12.9. The standard InChI is InChI=1S/C67H120O6/c1-4-7-10-13-16-19-22-25-28-31-32-33-34-37-39-42-45-48-51-54-57-60-66(69)72-63-64(73-67(70)61-58-55-52-49-46-43-40-36-30-27-24-21-18-15-12-9-6-3)62-71-65(68)59-56-53-50-47-44-41-38-35-29-26-23-20-17-14-11-8-5-2/h17-18,20-21,26-27,29-30,40,43,64H,4-16,19,22-25,28,31-39,41-42,44-63H2,1-3H3/b20-17-,21-18-,29-26-,30-27-,43-40-/t64-/m1/s1. The first kappa shape index (κ1) is 70.1. The number of esters is 3. The van der Waals surface area contributed by atoms with Crippen LogP contribution in [0.25, 0.3) is 0 Å². The minimum atomic E-state index is -0.789. The van der Waals surface area contributed by atoms with E-state index < -0.39 is 6.10 Å². The summed E-state index contributed by atoms with van der Waals surface area (Å²) in [5.74, 6) is -0.895. The number of rotatable bonds is 58. The average Bonchev–Trinajstić information content (AvgIpc) is 3.39. The highest BCUT2D eigenvalue weighted by Gasteiger charge is 2.19. The van der Waals surface area contributed by atoms with Gasteiger partial charge in [-0.05, 0) is 89.9 Å². The summed E-state index contributed by atoms with van der Waals surface area (Å²) in [6.45, 7) is 6.61. The van der Waals surface area contributed by atoms with Crippen molar-refractivity contribution >= 4 is 17.9 Å². The van der Waals surface area contributed by atoms with Crippen LogP contribution in [0.15, 0.2) is 60.8 Å². The molecular weight excluding hydrogens is 901 g/mol. The van der Waals surface area contributed by atoms with Crippen LogP contribution in [-0.2, 0) is 28.6 Å². The molecule has 0 heterocycles. The van der Waals surface area contributed by atoms with Crippen molar-refractivity contribution in [3.8, 4) is 0 Å². The summed E-state index contributed by atoms with van der Waals surface area (Å²) in [4.78, 5) is 38.3. The lowest BCUT2D eigenvalue weighted by Crippen LogP contribution is -2.30. The predicted octanol–water partition coefficient (Wildman–Crippen LogP) is 21.6. The van der Waals surface area contributed by atoms with Crippen LogP contribution in [0.2, 0.25) is 0 Å². The summed E-state index contributed by atoms with van der Waals surface area (Å²) in [6.07, 6.45) is 77.9. The van der Waals surface area contributed by atoms with E-state index in [2.05, 4.69) is 81.5 Å². The van der Waals surface area contributed by atoms with Gasteiger partial charge in [-0.2, -0.15) is 0 Å². The molecule has 0 aromatic carbocycles. The van der Waals surface area contributed by atoms with Crippen LogP contribution >= 0.6 is 0 Å². The molecule has 424 valence electrons. The molecule has 0 aliphatic carbocycles. The summed E-state index contributed by atoms with van der Waals surface area (Å²) in [5, 5.41) is 0. The quantitative estimate of drug-likeness (QED) is 0.0261. The Morgan fingerprint density at radius 1 is 0.274 bits per heavy atom. The average molecular weight is 1020 g/mol. The van der Waals surface area contributed by atoms with Gasteiger partial charge in [-0.25, -0.2) is 0 Å². The third-order valence-corrected chi connectivity index (χ3v) is 14.0. The molecule has 0 aromatic heterocycles. The number of carbonyl (C=O) groups excluding carboxylic acids is 3. The minimum Gasteiger partial charge on any atom is -0.462 e. The van der Waals surface area contributed by atoms with Crippen molar-refractivity contribution in [3.05, 3.63) is 60.8 Å². The number of unbranched alkanes of at least 4 members (excludes halogenated alkanes) is 37. The van der Waals surface area contributed by atoms with Crippen molar-refractivity contribution in [2.45, 2.75) is 335 Å². The van der Waals surface area contributed by atoms with Gasteiger partial charge in [0.15, 0.2) is 6.10 Å². The SMILES string of the molecule is CCCCC/C=C\C/C=C\C/C=C\CCCCCCC(=O)O[C@H](COC(=O)CCCCCCCCC/C=C\C/C=C\CCCCC)COC(=O)CCCCCCCCCCCCCCCCCCCCCCC. The van der Waals surface area contributed by atoms with Crippen LogP contribution in [0.3, 0.4) is 0 Å². The van der Waals surface area contributed by atoms with Gasteiger partial charge in [-0.3, -0.25) is 14.4 Å². The van der Waals surface area contributed by atoms with Gasteiger partial charge in [0.25, 0.3) is 0 Å². The summed E-state index contributed by atoms with van der Waals surface area (Å²) >= 11 is 0. The number of allylic oxidation sites excluding steroid dienone is 10. The monoisotopic (exact) mass is 1020 g/mol. The smallest absolute Gasteiger partial charge is 0.306 e. The van der Waals surface area contributed by atoms with Crippen molar-refractivity contribution in [2.24, 2.45) is 0 Å². The van der Waals surface area contributed by atoms with Crippen LogP contribution in [0.5, 0.6) is 0 Å². The van der Waals surface area contributed by atoms with E-state index in [4.69, 9.17) is 14.2 Å². The second-order valence-corrected chi connectivity index (χ2v) is 21.3. The van der Waals surface area contributed by atoms with Crippen molar-refractivity contribution < 1.29 is 28.6 Å². The summed E-state index contributed by atoms with van der Waals surface area (Å²) in [5.41, 5.74) is 0. The van der Waals surface area contributed by atoms with Gasteiger partial charge in [0.1, 0.15) is 13.2 Å². The summed E-state index contributed by atoms with van der Waals surface area (Å²) in [6, 6.07) is 0. The second kappa shape index (κ2) is 61.7. The zero-order chi connectivity index (χ0) is 52.9. The van der Waals surface area contributed by atoms with Crippen molar-refractivity contribution in [1.29, 1.82) is 0 Å². The molecule has 0 saturated heterocycles. The molecule has 6 heteroatoms. The number of hydrogen-bond donors (Lipinski definition) is 0. The molecule has 0 radical (unpaired) electrons. The van der Waals surface area contributed by atoms with Crippen molar-refractivity contribution in [2.75, 3.05) is 13.2 Å². The zero-order valence-corrected chi connectivity index (χ0v) is 48.7. The maximum Gasteiger partial charge on any atom is 0.306 e. The lowest BCUT2D eigenvalue weighted by Gasteiger charge is -2.18. The van der Waals surface area contributed by atoms with Crippen molar-refractivity contribution in [1.82, 2.24) is 0 Å². The Labute approximate surface area is 453 Å². The molecule has 0 bridgehead atoms. The molecule has 0 fully saturated rings. The number of hydrogen-bond acceptors (Lipinski definition) is 6. The molecule has 0 amide bonds. The first-order valence-electron chi connectivity index (χ1n) is 31.8. The number of carbonyl (C=O) groups is 3. The largest absolute Gasteiger partial charge is 0.462 e. The molecule has 1 atom stereocenters. The Morgan fingerprint density at radius 2 is 0.493 bits per heavy atom. The lowest BCUT2D eigenvalue weighted by molar-refractivity contribution is -0.167. The van der Waals surface area contributed by atoms with Crippen LogP contribution in [0.1, 0.15) is 329 Å². The van der Waals surface area contributed by atoms with Crippen LogP contribution in [0.4, 0.5) is 0 Å². The Kier molecular flexibility index (Phi) is 59.2. The second-order valence-electron chi connectivity index (χ2n) is 21.3. The van der Waals surface area contributed by atoms with E-state index in [0.717, 1.165) is 96.3 Å². The van der Waals surface area contributed by atoms with Gasteiger partial charge >= 0.3 is 17.9 Å². The maximum absolute atomic E-state index is 12.9. The van der Waals surface area contributed by atoms with Crippen LogP contribution in [0, 0.1) is 0 Å². The van der Waals surface area contributed by atoms with Crippen molar-refractivity contribution in [3.63, 3.8) is 0 Å². The molecule has 0 spiro atoms. The summed E-state index contributed by atoms with van der Waals surface area (Å²) in [7, 11) is 0.